The van der Waals surface area contributed by atoms with Crippen LogP contribution in [-0.4, -0.2) is 17.9 Å². The van der Waals surface area contributed by atoms with Gasteiger partial charge < -0.3 is 4.74 Å². The molecule has 1 amide bonds. The number of hydrogen-bond acceptors (Lipinski definition) is 2. The van der Waals surface area contributed by atoms with E-state index in [0.29, 0.717) is 6.42 Å². The highest BCUT2D eigenvalue weighted by atomic mass is 19.4. The Hall–Kier alpha value is -1.46. The SMILES string of the molecule is CC(C)(C)OC(=O)NC1=C(C(F)(F)F)C=CC[CH]1. The van der Waals surface area contributed by atoms with Crippen molar-refractivity contribution in [2.24, 2.45) is 0 Å². The minimum Gasteiger partial charge on any atom is -0.444 e. The van der Waals surface area contributed by atoms with Gasteiger partial charge in [-0.25, -0.2) is 4.79 Å². The van der Waals surface area contributed by atoms with Crippen molar-refractivity contribution in [3.8, 4) is 0 Å². The first kappa shape index (κ1) is 14.6. The maximum atomic E-state index is 12.7. The van der Waals surface area contributed by atoms with Crippen LogP contribution in [-0.2, 0) is 4.74 Å². The fourth-order valence-corrected chi connectivity index (χ4v) is 1.35. The molecule has 101 valence electrons. The quantitative estimate of drug-likeness (QED) is 0.785. The zero-order valence-corrected chi connectivity index (χ0v) is 10.4. The molecule has 0 atom stereocenters. The maximum Gasteiger partial charge on any atom is 0.418 e. The number of carbonyl (C=O) groups is 1. The zero-order valence-electron chi connectivity index (χ0n) is 10.4. The number of rotatable bonds is 1. The van der Waals surface area contributed by atoms with E-state index in [0.717, 1.165) is 6.08 Å². The highest BCUT2D eigenvalue weighted by molar-refractivity contribution is 5.71. The number of alkyl carbamates (subject to hydrolysis) is 1. The van der Waals surface area contributed by atoms with Gasteiger partial charge in [-0.1, -0.05) is 12.2 Å². The molecular weight excluding hydrogens is 247 g/mol. The Labute approximate surface area is 104 Å². The molecule has 1 rings (SSSR count). The average molecular weight is 262 g/mol. The van der Waals surface area contributed by atoms with Crippen LogP contribution in [0.4, 0.5) is 18.0 Å². The molecule has 1 radical (unpaired) electrons. The Morgan fingerprint density at radius 2 is 1.94 bits per heavy atom. The number of alkyl halides is 3. The van der Waals surface area contributed by atoms with Crippen molar-refractivity contribution in [1.82, 2.24) is 5.32 Å². The molecule has 0 saturated heterocycles. The van der Waals surface area contributed by atoms with Crippen molar-refractivity contribution >= 4 is 6.09 Å². The Kier molecular flexibility index (Phi) is 4.09. The summed E-state index contributed by atoms with van der Waals surface area (Å²) in [5, 5.41) is 2.12. The third-order valence-corrected chi connectivity index (χ3v) is 1.97. The van der Waals surface area contributed by atoms with E-state index in [4.69, 9.17) is 4.74 Å². The zero-order chi connectivity index (χ0) is 14.0. The lowest BCUT2D eigenvalue weighted by Crippen LogP contribution is -2.34. The predicted octanol–water partition coefficient (Wildman–Crippen LogP) is 3.49. The van der Waals surface area contributed by atoms with Gasteiger partial charge in [0.05, 0.1) is 5.57 Å². The third-order valence-electron chi connectivity index (χ3n) is 1.97. The third kappa shape index (κ3) is 4.43. The molecule has 0 heterocycles. The van der Waals surface area contributed by atoms with E-state index in [2.05, 4.69) is 5.32 Å². The summed E-state index contributed by atoms with van der Waals surface area (Å²) < 4.78 is 42.9. The first-order chi connectivity index (χ1) is 8.09. The number of hydrogen-bond donors (Lipinski definition) is 1. The number of amides is 1. The van der Waals surface area contributed by atoms with Crippen molar-refractivity contribution in [1.29, 1.82) is 0 Å². The summed E-state index contributed by atoms with van der Waals surface area (Å²) in [7, 11) is 0. The highest BCUT2D eigenvalue weighted by Crippen LogP contribution is 2.32. The molecule has 0 saturated carbocycles. The lowest BCUT2D eigenvalue weighted by molar-refractivity contribution is -0.0893. The molecule has 0 fully saturated rings. The molecule has 0 spiro atoms. The number of allylic oxidation sites excluding steroid dienone is 4. The average Bonchev–Trinajstić information content (AvgIpc) is 2.13. The van der Waals surface area contributed by atoms with Crippen LogP contribution < -0.4 is 5.32 Å². The Morgan fingerprint density at radius 3 is 2.44 bits per heavy atom. The van der Waals surface area contributed by atoms with Gasteiger partial charge in [0.1, 0.15) is 5.60 Å². The molecule has 6 heteroatoms. The summed E-state index contributed by atoms with van der Waals surface area (Å²) >= 11 is 0. The largest absolute Gasteiger partial charge is 0.444 e. The van der Waals surface area contributed by atoms with Gasteiger partial charge >= 0.3 is 12.3 Å². The second-order valence-corrected chi connectivity index (χ2v) is 4.79. The molecule has 0 unspecified atom stereocenters. The molecule has 0 aliphatic heterocycles. The summed E-state index contributed by atoms with van der Waals surface area (Å²) in [6.45, 7) is 4.91. The van der Waals surface area contributed by atoms with Gasteiger partial charge in [-0.2, -0.15) is 13.2 Å². The number of ether oxygens (including phenoxy) is 1. The molecule has 3 nitrogen and oxygen atoms in total. The Balaban J connectivity index is 2.83. The molecule has 0 aromatic carbocycles. The summed E-state index contributed by atoms with van der Waals surface area (Å²) in [5.74, 6) is 0. The molecule has 1 aliphatic carbocycles. The van der Waals surface area contributed by atoms with Gasteiger partial charge in [-0.15, -0.1) is 0 Å². The summed E-state index contributed by atoms with van der Waals surface area (Å²) in [5.41, 5.74) is -1.90. The van der Waals surface area contributed by atoms with Gasteiger partial charge in [0, 0.05) is 12.1 Å². The van der Waals surface area contributed by atoms with Crippen LogP contribution in [0.25, 0.3) is 0 Å². The fourth-order valence-electron chi connectivity index (χ4n) is 1.35. The number of halogens is 3. The minimum atomic E-state index is -4.50. The number of carbonyl (C=O) groups excluding carboxylic acids is 1. The van der Waals surface area contributed by atoms with Gasteiger partial charge in [-0.3, -0.25) is 5.32 Å². The van der Waals surface area contributed by atoms with Crippen LogP contribution in [0.2, 0.25) is 0 Å². The van der Waals surface area contributed by atoms with Crippen LogP contribution >= 0.6 is 0 Å². The summed E-state index contributed by atoms with van der Waals surface area (Å²) in [6.07, 6.45) is -1.43. The van der Waals surface area contributed by atoms with Crippen molar-refractivity contribution in [3.05, 3.63) is 29.8 Å². The smallest absolute Gasteiger partial charge is 0.418 e. The van der Waals surface area contributed by atoms with Crippen LogP contribution in [0, 0.1) is 6.42 Å². The molecule has 1 aliphatic rings. The van der Waals surface area contributed by atoms with Crippen molar-refractivity contribution in [2.75, 3.05) is 0 Å². The van der Waals surface area contributed by atoms with Crippen molar-refractivity contribution in [2.45, 2.75) is 39.0 Å². The first-order valence-electron chi connectivity index (χ1n) is 5.41. The van der Waals surface area contributed by atoms with E-state index in [1.54, 1.807) is 20.8 Å². The fraction of sp³-hybridized carbons (Fsp3) is 0.500. The molecular formula is C12H15F3NO2. The molecule has 1 N–H and O–H groups in total. The number of nitrogens with one attached hydrogen (secondary N) is 1. The predicted molar refractivity (Wildman–Crippen MR) is 60.5 cm³/mol. The van der Waals surface area contributed by atoms with Crippen LogP contribution in [0.3, 0.4) is 0 Å². The van der Waals surface area contributed by atoms with Crippen molar-refractivity contribution in [3.63, 3.8) is 0 Å². The standard InChI is InChI=1S/C12H15F3NO2/c1-11(2,3)18-10(17)16-9-7-5-4-6-8(9)12(13,14)15/h4,6-7H,5H2,1-3H3,(H,16,17). The Bertz CT molecular complexity index is 389. The summed E-state index contributed by atoms with van der Waals surface area (Å²) in [6, 6.07) is 0. The topological polar surface area (TPSA) is 38.3 Å². The summed E-state index contributed by atoms with van der Waals surface area (Å²) in [4.78, 5) is 11.4. The van der Waals surface area contributed by atoms with E-state index < -0.39 is 23.4 Å². The van der Waals surface area contributed by atoms with E-state index in [-0.39, 0.29) is 5.70 Å². The lowest BCUT2D eigenvalue weighted by Gasteiger charge is -2.22. The molecule has 0 aromatic heterocycles. The Morgan fingerprint density at radius 1 is 1.33 bits per heavy atom. The van der Waals surface area contributed by atoms with Crippen LogP contribution in [0.1, 0.15) is 27.2 Å². The lowest BCUT2D eigenvalue weighted by atomic mass is 10.0. The van der Waals surface area contributed by atoms with E-state index >= 15 is 0 Å². The van der Waals surface area contributed by atoms with Gasteiger partial charge in [0.25, 0.3) is 0 Å². The van der Waals surface area contributed by atoms with E-state index in [1.165, 1.54) is 12.5 Å². The monoisotopic (exact) mass is 262 g/mol. The highest BCUT2D eigenvalue weighted by Gasteiger charge is 2.36. The van der Waals surface area contributed by atoms with E-state index in [1.807, 2.05) is 0 Å². The van der Waals surface area contributed by atoms with Gasteiger partial charge in [0.2, 0.25) is 0 Å². The second kappa shape index (κ2) is 5.04. The maximum absolute atomic E-state index is 12.7. The first-order valence-corrected chi connectivity index (χ1v) is 5.41. The molecule has 18 heavy (non-hydrogen) atoms. The van der Waals surface area contributed by atoms with Gasteiger partial charge in [-0.05, 0) is 27.2 Å². The van der Waals surface area contributed by atoms with Crippen LogP contribution in [0.15, 0.2) is 23.4 Å². The molecule has 0 aromatic rings. The normalized spacial score (nSPS) is 16.8. The second-order valence-electron chi connectivity index (χ2n) is 4.79. The van der Waals surface area contributed by atoms with E-state index in [9.17, 15) is 18.0 Å². The van der Waals surface area contributed by atoms with Gasteiger partial charge in [0.15, 0.2) is 0 Å². The molecule has 0 bridgehead atoms. The minimum absolute atomic E-state index is 0.265. The van der Waals surface area contributed by atoms with Crippen LogP contribution in [0.5, 0.6) is 0 Å². The van der Waals surface area contributed by atoms with Crippen molar-refractivity contribution < 1.29 is 22.7 Å².